The minimum Gasteiger partial charge on any atom is -0.481 e. The Bertz CT molecular complexity index is 407. The lowest BCUT2D eigenvalue weighted by Gasteiger charge is -2.12. The number of hydrogen-bond acceptors (Lipinski definition) is 4. The van der Waals surface area contributed by atoms with E-state index in [-0.39, 0.29) is 6.42 Å². The van der Waals surface area contributed by atoms with Crippen LogP contribution in [-0.4, -0.2) is 27.4 Å². The molecular formula is C11H11NO4. The van der Waals surface area contributed by atoms with Crippen molar-refractivity contribution in [3.05, 3.63) is 35.4 Å². The Morgan fingerprint density at radius 2 is 1.88 bits per heavy atom. The maximum absolute atomic E-state index is 10.4. The molecule has 2 atom stereocenters. The summed E-state index contributed by atoms with van der Waals surface area (Å²) in [7, 11) is 0. The summed E-state index contributed by atoms with van der Waals surface area (Å²) in [6.45, 7) is 0. The van der Waals surface area contributed by atoms with E-state index in [2.05, 4.69) is 0 Å². The Morgan fingerprint density at radius 1 is 1.31 bits per heavy atom. The van der Waals surface area contributed by atoms with Gasteiger partial charge in [-0.05, 0) is 11.1 Å². The van der Waals surface area contributed by atoms with Crippen LogP contribution < -0.4 is 0 Å². The van der Waals surface area contributed by atoms with Gasteiger partial charge in [0.1, 0.15) is 6.10 Å². The van der Waals surface area contributed by atoms with Crippen molar-refractivity contribution in [1.82, 2.24) is 0 Å². The first kappa shape index (κ1) is 12.2. The molecule has 0 bridgehead atoms. The van der Waals surface area contributed by atoms with Crippen LogP contribution in [0, 0.1) is 11.3 Å². The second kappa shape index (κ2) is 5.26. The molecule has 5 heteroatoms. The molecule has 0 heterocycles. The van der Waals surface area contributed by atoms with E-state index in [1.54, 1.807) is 0 Å². The van der Waals surface area contributed by atoms with Gasteiger partial charge in [0.25, 0.3) is 0 Å². The number of nitriles is 1. The number of aliphatic hydroxyl groups is 2. The Kier molecular flexibility index (Phi) is 4.00. The predicted molar refractivity (Wildman–Crippen MR) is 54.4 cm³/mol. The van der Waals surface area contributed by atoms with Crippen molar-refractivity contribution in [2.24, 2.45) is 0 Å². The molecule has 0 spiro atoms. The van der Waals surface area contributed by atoms with Gasteiger partial charge in [-0.15, -0.1) is 0 Å². The highest BCUT2D eigenvalue weighted by molar-refractivity contribution is 5.70. The molecule has 0 amide bonds. The summed E-state index contributed by atoms with van der Waals surface area (Å²) in [4.78, 5) is 10.4. The van der Waals surface area contributed by atoms with Crippen LogP contribution >= 0.6 is 0 Å². The largest absolute Gasteiger partial charge is 0.481 e. The van der Waals surface area contributed by atoms with Gasteiger partial charge in [-0.25, -0.2) is 0 Å². The minimum absolute atomic E-state index is 0.100. The fourth-order valence-corrected chi connectivity index (χ4v) is 1.26. The molecule has 16 heavy (non-hydrogen) atoms. The molecule has 1 aromatic carbocycles. The lowest BCUT2D eigenvalue weighted by atomic mass is 10.0. The monoisotopic (exact) mass is 221 g/mol. The zero-order chi connectivity index (χ0) is 12.1. The molecular weight excluding hydrogens is 210 g/mol. The number of carbonyl (C=O) groups is 1. The van der Waals surface area contributed by atoms with Crippen molar-refractivity contribution in [1.29, 1.82) is 5.26 Å². The van der Waals surface area contributed by atoms with Gasteiger partial charge in [0.15, 0.2) is 6.10 Å². The van der Waals surface area contributed by atoms with E-state index in [9.17, 15) is 9.90 Å². The molecule has 0 aliphatic carbocycles. The van der Waals surface area contributed by atoms with Crippen LogP contribution in [0.15, 0.2) is 24.3 Å². The SMILES string of the molecule is N#CC(O)C(O)c1ccc(CC(=O)O)cc1. The van der Waals surface area contributed by atoms with Gasteiger partial charge in [0.2, 0.25) is 0 Å². The van der Waals surface area contributed by atoms with Gasteiger partial charge >= 0.3 is 5.97 Å². The number of hydrogen-bond donors (Lipinski definition) is 3. The van der Waals surface area contributed by atoms with Crippen molar-refractivity contribution in [3.63, 3.8) is 0 Å². The summed E-state index contributed by atoms with van der Waals surface area (Å²) in [5, 5.41) is 35.5. The van der Waals surface area contributed by atoms with Crippen LogP contribution in [0.5, 0.6) is 0 Å². The van der Waals surface area contributed by atoms with Gasteiger partial charge in [-0.1, -0.05) is 24.3 Å². The number of nitrogens with zero attached hydrogens (tertiary/aromatic N) is 1. The number of benzene rings is 1. The molecule has 0 aliphatic heterocycles. The van der Waals surface area contributed by atoms with E-state index < -0.39 is 18.2 Å². The number of carboxylic acid groups (broad SMARTS) is 1. The number of carboxylic acids is 1. The van der Waals surface area contributed by atoms with Crippen molar-refractivity contribution in [3.8, 4) is 6.07 Å². The first-order valence-corrected chi connectivity index (χ1v) is 4.61. The molecule has 84 valence electrons. The van der Waals surface area contributed by atoms with Crippen LogP contribution in [0.1, 0.15) is 17.2 Å². The smallest absolute Gasteiger partial charge is 0.307 e. The number of aliphatic hydroxyl groups excluding tert-OH is 2. The summed E-state index contributed by atoms with van der Waals surface area (Å²) in [5.41, 5.74) is 0.970. The average molecular weight is 221 g/mol. The molecule has 0 radical (unpaired) electrons. The lowest BCUT2D eigenvalue weighted by Crippen LogP contribution is -2.15. The topological polar surface area (TPSA) is 102 Å². The van der Waals surface area contributed by atoms with E-state index in [4.69, 9.17) is 15.5 Å². The molecule has 0 aromatic heterocycles. The van der Waals surface area contributed by atoms with E-state index in [1.165, 1.54) is 30.3 Å². The third-order valence-corrected chi connectivity index (χ3v) is 2.11. The van der Waals surface area contributed by atoms with Gasteiger partial charge in [-0.3, -0.25) is 4.79 Å². The van der Waals surface area contributed by atoms with Gasteiger partial charge in [-0.2, -0.15) is 5.26 Å². The van der Waals surface area contributed by atoms with Crippen LogP contribution in [0.3, 0.4) is 0 Å². The van der Waals surface area contributed by atoms with E-state index >= 15 is 0 Å². The second-order valence-corrected chi connectivity index (χ2v) is 3.33. The Balaban J connectivity index is 2.79. The zero-order valence-corrected chi connectivity index (χ0v) is 8.37. The summed E-state index contributed by atoms with van der Waals surface area (Å²) in [5.74, 6) is -0.939. The normalized spacial score (nSPS) is 13.8. The second-order valence-electron chi connectivity index (χ2n) is 3.33. The quantitative estimate of drug-likeness (QED) is 0.632. The van der Waals surface area contributed by atoms with E-state index in [0.717, 1.165) is 0 Å². The highest BCUT2D eigenvalue weighted by Gasteiger charge is 2.17. The third-order valence-electron chi connectivity index (χ3n) is 2.11. The summed E-state index contributed by atoms with van der Waals surface area (Å²) < 4.78 is 0. The molecule has 2 unspecified atom stereocenters. The number of aliphatic carboxylic acids is 1. The molecule has 1 aromatic rings. The van der Waals surface area contributed by atoms with Crippen LogP contribution in [0.25, 0.3) is 0 Å². The maximum atomic E-state index is 10.4. The van der Waals surface area contributed by atoms with E-state index in [0.29, 0.717) is 11.1 Å². The highest BCUT2D eigenvalue weighted by atomic mass is 16.4. The molecule has 0 fully saturated rings. The molecule has 0 saturated heterocycles. The van der Waals surface area contributed by atoms with Gasteiger partial charge in [0.05, 0.1) is 12.5 Å². The summed E-state index contributed by atoms with van der Waals surface area (Å²) >= 11 is 0. The van der Waals surface area contributed by atoms with Crippen LogP contribution in [0.2, 0.25) is 0 Å². The van der Waals surface area contributed by atoms with Crippen molar-refractivity contribution in [2.75, 3.05) is 0 Å². The fraction of sp³-hybridized carbons (Fsp3) is 0.273. The van der Waals surface area contributed by atoms with E-state index in [1.807, 2.05) is 0 Å². The standard InChI is InChI=1S/C11H11NO4/c12-6-9(13)11(16)8-3-1-7(2-4-8)5-10(14)15/h1-4,9,11,13,16H,5H2,(H,14,15). The summed E-state index contributed by atoms with van der Waals surface area (Å²) in [6.07, 6.45) is -2.86. The zero-order valence-electron chi connectivity index (χ0n) is 8.37. The Morgan fingerprint density at radius 3 is 2.31 bits per heavy atom. The van der Waals surface area contributed by atoms with Crippen molar-refractivity contribution >= 4 is 5.97 Å². The average Bonchev–Trinajstić information content (AvgIpc) is 2.27. The first-order chi connectivity index (χ1) is 7.54. The molecule has 5 nitrogen and oxygen atoms in total. The maximum Gasteiger partial charge on any atom is 0.307 e. The molecule has 0 aliphatic rings. The molecule has 0 saturated carbocycles. The summed E-state index contributed by atoms with van der Waals surface area (Å²) in [6, 6.07) is 7.58. The Hall–Kier alpha value is -1.90. The Labute approximate surface area is 92.2 Å². The first-order valence-electron chi connectivity index (χ1n) is 4.61. The van der Waals surface area contributed by atoms with Crippen LogP contribution in [0.4, 0.5) is 0 Å². The van der Waals surface area contributed by atoms with Crippen LogP contribution in [-0.2, 0) is 11.2 Å². The van der Waals surface area contributed by atoms with Gasteiger partial charge < -0.3 is 15.3 Å². The lowest BCUT2D eigenvalue weighted by molar-refractivity contribution is -0.136. The van der Waals surface area contributed by atoms with Gasteiger partial charge in [0, 0.05) is 0 Å². The van der Waals surface area contributed by atoms with Crippen molar-refractivity contribution < 1.29 is 20.1 Å². The minimum atomic E-state index is -1.48. The highest BCUT2D eigenvalue weighted by Crippen LogP contribution is 2.17. The fourth-order valence-electron chi connectivity index (χ4n) is 1.26. The third kappa shape index (κ3) is 3.05. The van der Waals surface area contributed by atoms with Crippen molar-refractivity contribution in [2.45, 2.75) is 18.6 Å². The molecule has 3 N–H and O–H groups in total. The number of rotatable bonds is 4. The predicted octanol–water partition coefficient (Wildman–Crippen LogP) is 0.232. The molecule has 1 rings (SSSR count).